The van der Waals surface area contributed by atoms with Gasteiger partial charge in [0.1, 0.15) is 54.4 Å². The molecule has 642 valence electrons. The van der Waals surface area contributed by atoms with E-state index in [1.165, 1.54) is 0 Å². The lowest BCUT2D eigenvalue weighted by molar-refractivity contribution is -0.141. The summed E-state index contributed by atoms with van der Waals surface area (Å²) in [5, 5.41) is 110. The SMILES string of the molecule is N=C(N)NCCC[C@H](NC(=O)[C@H](CCCNC(=N)N)NC(=O)[C@H](Cc1c[nH]c2ccccc12)NC(=O)[C@H](CCCNC(=N)N)NC(=O)[C@H](CCCNC(=N)N)NC(=O)[C@H](CCCNC(=N)N)NC(=O)[C@H](CCCNC(=N)N)NC(=O)[C@@H](N)CCCNC(=N)N)C(=O)N[C@@H](CCCCN)C(=O)NCC(=O)NCC(=O)N[C@@H](CS)C(=O)O. The number of rotatable bonds is 58. The summed E-state index contributed by atoms with van der Waals surface area (Å²) in [5.74, 6) is -14.5. The van der Waals surface area contributed by atoms with Gasteiger partial charge in [-0.25, -0.2) is 4.79 Å². The number of thiol groups is 1. The lowest BCUT2D eigenvalue weighted by Crippen LogP contribution is -2.61. The molecule has 1 aromatic carbocycles. The van der Waals surface area contributed by atoms with Crippen LogP contribution in [-0.4, -0.2) is 254 Å². The molecule has 0 aliphatic rings. The number of H-pyrrole nitrogens is 1. The first-order chi connectivity index (χ1) is 54.5. The Hall–Kier alpha value is -12.4. The number of hydrogen-bond donors (Lipinski definition) is 37. The van der Waals surface area contributed by atoms with E-state index in [0.717, 1.165) is 0 Å². The van der Waals surface area contributed by atoms with E-state index in [2.05, 4.69) is 113 Å². The third-order valence-corrected chi connectivity index (χ3v) is 17.4. The Morgan fingerprint density at radius 2 is 0.652 bits per heavy atom. The van der Waals surface area contributed by atoms with Crippen LogP contribution in [0.25, 0.3) is 10.9 Å². The molecule has 0 saturated carbocycles. The second-order valence-electron chi connectivity index (χ2n) is 26.5. The molecule has 0 fully saturated rings. The highest BCUT2D eigenvalue weighted by Gasteiger charge is 2.36. The van der Waals surface area contributed by atoms with Gasteiger partial charge in [-0.2, -0.15) is 12.6 Å². The fourth-order valence-corrected chi connectivity index (χ4v) is 11.4. The quantitative estimate of drug-likeness (QED) is 0.0127. The second kappa shape index (κ2) is 55.1. The minimum Gasteiger partial charge on any atom is -0.480 e. The van der Waals surface area contributed by atoms with E-state index >= 15 is 14.4 Å². The van der Waals surface area contributed by atoms with Gasteiger partial charge in [0.2, 0.25) is 65.0 Å². The molecule has 11 amide bonds. The third kappa shape index (κ3) is 42.7. The molecule has 1 heterocycles. The monoisotopic (exact) mass is 1640 g/mol. The lowest BCUT2D eigenvalue weighted by atomic mass is 10.0. The maximum atomic E-state index is 15.3. The van der Waals surface area contributed by atoms with Crippen LogP contribution in [-0.2, 0) is 64.0 Å². The molecular formula is C66H119N35O13S. The average molecular weight is 1640 g/mol. The molecule has 2 rings (SSSR count). The Morgan fingerprint density at radius 1 is 0.357 bits per heavy atom. The van der Waals surface area contributed by atoms with Crippen LogP contribution in [0.3, 0.4) is 0 Å². The molecule has 1 aromatic heterocycles. The second-order valence-corrected chi connectivity index (χ2v) is 26.8. The molecule has 0 aliphatic carbocycles. The predicted molar refractivity (Wildman–Crippen MR) is 432 cm³/mol. The third-order valence-electron chi connectivity index (χ3n) is 17.0. The number of benzene rings is 1. The van der Waals surface area contributed by atoms with Gasteiger partial charge in [0.05, 0.1) is 19.1 Å². The number of carboxylic acids is 1. The minimum absolute atomic E-state index is 0.00175. The fourth-order valence-electron chi connectivity index (χ4n) is 11.1. The predicted octanol–water partition coefficient (Wildman–Crippen LogP) is -10.4. The van der Waals surface area contributed by atoms with Gasteiger partial charge in [-0.15, -0.1) is 0 Å². The van der Waals surface area contributed by atoms with Crippen molar-refractivity contribution in [3.8, 4) is 0 Å². The van der Waals surface area contributed by atoms with Crippen LogP contribution in [0, 0.1) is 37.9 Å². The summed E-state index contributed by atoms with van der Waals surface area (Å²) in [6.45, 7) is -0.966. The van der Waals surface area contributed by atoms with Crippen LogP contribution in [0.4, 0.5) is 0 Å². The topological polar surface area (TPSA) is 859 Å². The van der Waals surface area contributed by atoms with E-state index < -0.39 is 174 Å². The summed E-state index contributed by atoms with van der Waals surface area (Å²) in [6, 6.07) is -7.72. The number of hydrogen-bond acceptors (Lipinski definition) is 22. The summed E-state index contributed by atoms with van der Waals surface area (Å²) >= 11 is 3.89. The number of nitrogens with one attached hydrogen (secondary N) is 26. The Kier molecular flexibility index (Phi) is 47.2. The van der Waals surface area contributed by atoms with E-state index in [0.29, 0.717) is 29.3 Å². The Morgan fingerprint density at radius 3 is 0.983 bits per heavy atom. The van der Waals surface area contributed by atoms with Crippen LogP contribution in [0.1, 0.15) is 115 Å². The van der Waals surface area contributed by atoms with Gasteiger partial charge in [0.25, 0.3) is 0 Å². The largest absolute Gasteiger partial charge is 0.480 e. The highest BCUT2D eigenvalue weighted by molar-refractivity contribution is 7.80. The zero-order valence-corrected chi connectivity index (χ0v) is 65.1. The van der Waals surface area contributed by atoms with Crippen molar-refractivity contribution in [3.63, 3.8) is 0 Å². The normalized spacial score (nSPS) is 13.4. The number of aliphatic carboxylic acids is 1. The van der Waals surface area contributed by atoms with Crippen LogP contribution >= 0.6 is 12.6 Å². The first-order valence-electron chi connectivity index (χ1n) is 37.2. The number of carbonyl (C=O) groups excluding carboxylic acids is 11. The summed E-state index contributed by atoms with van der Waals surface area (Å²) in [6.07, 6.45) is 1.43. The van der Waals surface area contributed by atoms with E-state index in [4.69, 9.17) is 89.5 Å². The molecule has 45 N–H and O–H groups in total. The number of guanidine groups is 7. The van der Waals surface area contributed by atoms with Crippen LogP contribution in [0.2, 0.25) is 0 Å². The van der Waals surface area contributed by atoms with Gasteiger partial charge in [-0.1, -0.05) is 18.2 Å². The van der Waals surface area contributed by atoms with Crippen molar-refractivity contribution in [1.29, 1.82) is 37.9 Å². The van der Waals surface area contributed by atoms with Crippen molar-refractivity contribution in [2.75, 3.05) is 71.2 Å². The van der Waals surface area contributed by atoms with Crippen molar-refractivity contribution in [2.45, 2.75) is 176 Å². The molecule has 0 radical (unpaired) electrons. The molecule has 49 heteroatoms. The number of fused-ring (bicyclic) bond motifs is 1. The Balaban J connectivity index is 2.79. The van der Waals surface area contributed by atoms with Gasteiger partial charge >= 0.3 is 5.97 Å². The molecule has 0 bridgehead atoms. The number of carbonyl (C=O) groups is 12. The lowest BCUT2D eigenvalue weighted by Gasteiger charge is -2.28. The summed E-state index contributed by atoms with van der Waals surface area (Å²) in [4.78, 5) is 171. The van der Waals surface area contributed by atoms with Gasteiger partial charge < -0.3 is 157 Å². The van der Waals surface area contributed by atoms with Crippen molar-refractivity contribution < 1.29 is 62.6 Å². The van der Waals surface area contributed by atoms with Gasteiger partial charge in [-0.05, 0) is 127 Å². The number of unbranched alkanes of at least 4 members (excludes halogenated alkanes) is 1. The van der Waals surface area contributed by atoms with Crippen molar-refractivity contribution in [1.82, 2.24) is 101 Å². The number of carboxylic acid groups (broad SMARTS) is 1. The Bertz CT molecular complexity index is 3610. The molecule has 10 atom stereocenters. The zero-order chi connectivity index (χ0) is 86.0. The summed E-state index contributed by atoms with van der Waals surface area (Å²) in [5.41, 5.74) is 51.8. The van der Waals surface area contributed by atoms with E-state index in [1.54, 1.807) is 30.5 Å². The smallest absolute Gasteiger partial charge is 0.327 e. The number of nitrogens with two attached hydrogens (primary N) is 9. The highest BCUT2D eigenvalue weighted by atomic mass is 32.1. The van der Waals surface area contributed by atoms with E-state index in [-0.39, 0.29) is 173 Å². The zero-order valence-electron chi connectivity index (χ0n) is 64.2. The van der Waals surface area contributed by atoms with E-state index in [1.807, 2.05) is 0 Å². The van der Waals surface area contributed by atoms with Crippen LogP contribution in [0.15, 0.2) is 30.5 Å². The molecule has 0 saturated heterocycles. The fraction of sp³-hybridized carbons (Fsp3) is 0.591. The van der Waals surface area contributed by atoms with Crippen LogP contribution < -0.4 is 147 Å². The average Bonchev–Trinajstić information content (AvgIpc) is 1.68. The summed E-state index contributed by atoms with van der Waals surface area (Å²) in [7, 11) is 0. The first kappa shape index (κ1) is 98.6. The molecule has 2 aromatic rings. The van der Waals surface area contributed by atoms with Crippen molar-refractivity contribution >= 4 is 136 Å². The maximum Gasteiger partial charge on any atom is 0.327 e. The van der Waals surface area contributed by atoms with Crippen molar-refractivity contribution in [3.05, 3.63) is 36.0 Å². The van der Waals surface area contributed by atoms with Crippen molar-refractivity contribution in [2.24, 2.45) is 51.6 Å². The maximum absolute atomic E-state index is 15.3. The number of amides is 11. The molecule has 48 nitrogen and oxygen atoms in total. The minimum atomic E-state index is -1.64. The van der Waals surface area contributed by atoms with Gasteiger partial charge in [0.15, 0.2) is 41.7 Å². The number of aromatic amines is 1. The standard InChI is InChI=1S/C66H119N35O13S/c67-22-4-3-15-39(51(105)92-32-48(102)91-33-49(103)93-47(34-115)59(113)114)95-53(107)41(17-7-25-85-62(73)74)97-56(110)44(20-10-28-88-65(79)80)100-58(112)46(30-35-31-90-38-14-2-1-12-36(35)38)101-57(111)45(21-11-29-89-66(81)82)99-55(109)43(19-9-27-87-64(77)78)98-54(108)42(18-8-26-86-63(75)76)96-52(106)40(16-6-24-84-61(71)72)94-50(104)37(68)13-5-23-83-60(69)70/h1-2,12,14,31,37,39-47,90,115H,3-11,13,15-30,32-34,67-68H2,(H,91,102)(H,92,105)(H,93,103)(H,94,104)(H,95,107)(H,96,106)(H,97,110)(H,98,108)(H,99,109)(H,100,112)(H,101,111)(H,113,114)(H4,69,70,83)(H4,71,72,84)(H4,73,74,85)(H4,75,76,86)(H4,77,78,87)(H4,79,80,88)(H4,81,82,89)/t37-,39-,40-,41-,42-,43-,44-,45-,46-,47-/m0/s1. The Labute approximate surface area is 669 Å². The highest BCUT2D eigenvalue weighted by Crippen LogP contribution is 2.20. The molecular weight excluding hydrogens is 1520 g/mol. The molecule has 0 unspecified atom stereocenters. The molecule has 0 aliphatic heterocycles. The van der Waals surface area contributed by atoms with E-state index in [9.17, 15) is 48.3 Å². The number of aromatic nitrogens is 1. The first-order valence-corrected chi connectivity index (χ1v) is 37.8. The summed E-state index contributed by atoms with van der Waals surface area (Å²) < 4.78 is 0. The van der Waals surface area contributed by atoms with Gasteiger partial charge in [0, 0.05) is 75.1 Å². The number of para-hydroxylation sites is 1. The van der Waals surface area contributed by atoms with Gasteiger partial charge in [-0.3, -0.25) is 90.6 Å². The molecule has 0 spiro atoms. The molecule has 115 heavy (non-hydrogen) atoms. The van der Waals surface area contributed by atoms with Crippen LogP contribution in [0.5, 0.6) is 0 Å².